The van der Waals surface area contributed by atoms with Crippen molar-refractivity contribution in [3.8, 4) is 23.0 Å². The Morgan fingerprint density at radius 3 is 2.62 bits per heavy atom. The zero-order chi connectivity index (χ0) is 26.8. The number of aromatic amines is 1. The van der Waals surface area contributed by atoms with Crippen LogP contribution in [0.3, 0.4) is 0 Å². The maximum absolute atomic E-state index is 11.7. The molecule has 9 nitrogen and oxygen atoms in total. The fourth-order valence-corrected chi connectivity index (χ4v) is 6.28. The van der Waals surface area contributed by atoms with E-state index in [1.54, 1.807) is 0 Å². The van der Waals surface area contributed by atoms with E-state index in [0.717, 1.165) is 36.0 Å². The summed E-state index contributed by atoms with van der Waals surface area (Å²) in [6.45, 7) is 4.34. The van der Waals surface area contributed by atoms with Gasteiger partial charge in [0.25, 0.3) is 5.89 Å². The zero-order valence-corrected chi connectivity index (χ0v) is 23.1. The van der Waals surface area contributed by atoms with E-state index in [9.17, 15) is 4.79 Å². The Morgan fingerprint density at radius 2 is 1.87 bits per heavy atom. The van der Waals surface area contributed by atoms with Crippen molar-refractivity contribution < 1.29 is 9.15 Å². The van der Waals surface area contributed by atoms with Crippen LogP contribution >= 0.6 is 11.6 Å². The van der Waals surface area contributed by atoms with Crippen molar-refractivity contribution in [2.45, 2.75) is 77.9 Å². The molecule has 2 saturated carbocycles. The van der Waals surface area contributed by atoms with Crippen LogP contribution in [0.5, 0.6) is 0 Å². The van der Waals surface area contributed by atoms with Gasteiger partial charge in [0.05, 0.1) is 0 Å². The molecule has 6 rings (SSSR count). The largest absolute Gasteiger partial charge is 0.434 e. The monoisotopic (exact) mass is 550 g/mol. The standard InChI is InChI=1S/C29H35ClN6O3/c1-18-10-12-19(13-11-18)15-36-23(17-38-16-20-6-3-2-4-7-20)31-26-25(36)24(21-8-5-9-22(30)14-21)32-27(33-26)28-34-35-29(37)39-28/h5,8-9,14,18-20H,2-4,6-7,10-13,15-17H2,1H3,(H,35,37). The molecule has 0 amide bonds. The highest BCUT2D eigenvalue weighted by Gasteiger charge is 2.26. The molecule has 0 unspecified atom stereocenters. The molecule has 0 bridgehead atoms. The summed E-state index contributed by atoms with van der Waals surface area (Å²) in [5.41, 5.74) is 2.88. The minimum absolute atomic E-state index is 0.0242. The number of hydrogen-bond acceptors (Lipinski definition) is 7. The van der Waals surface area contributed by atoms with Gasteiger partial charge in [0.15, 0.2) is 5.65 Å². The average Bonchev–Trinajstić information content (AvgIpc) is 3.53. The van der Waals surface area contributed by atoms with E-state index in [-0.39, 0.29) is 11.7 Å². The lowest BCUT2D eigenvalue weighted by atomic mass is 9.83. The second kappa shape index (κ2) is 11.6. The molecule has 0 radical (unpaired) electrons. The number of benzene rings is 1. The number of rotatable bonds is 8. The van der Waals surface area contributed by atoms with Crippen molar-refractivity contribution in [3.63, 3.8) is 0 Å². The maximum atomic E-state index is 11.7. The Bertz CT molecular complexity index is 1480. The summed E-state index contributed by atoms with van der Waals surface area (Å²) in [4.78, 5) is 26.2. The molecule has 3 heterocycles. The summed E-state index contributed by atoms with van der Waals surface area (Å²) >= 11 is 6.40. The molecule has 1 N–H and O–H groups in total. The molecule has 1 aromatic carbocycles. The first-order valence-corrected chi connectivity index (χ1v) is 14.6. The van der Waals surface area contributed by atoms with Gasteiger partial charge in [0.1, 0.15) is 23.6 Å². The predicted molar refractivity (Wildman–Crippen MR) is 149 cm³/mol. The van der Waals surface area contributed by atoms with Gasteiger partial charge in [-0.3, -0.25) is 0 Å². The number of nitrogens with one attached hydrogen (secondary N) is 1. The van der Waals surface area contributed by atoms with E-state index < -0.39 is 5.76 Å². The first-order valence-electron chi connectivity index (χ1n) is 14.2. The van der Waals surface area contributed by atoms with Crippen molar-refractivity contribution >= 4 is 22.8 Å². The fraction of sp³-hybridized carbons (Fsp3) is 0.552. The van der Waals surface area contributed by atoms with Crippen LogP contribution in [0.25, 0.3) is 34.1 Å². The van der Waals surface area contributed by atoms with Gasteiger partial charge < -0.3 is 13.7 Å². The van der Waals surface area contributed by atoms with Gasteiger partial charge in [-0.1, -0.05) is 62.8 Å². The lowest BCUT2D eigenvalue weighted by Gasteiger charge is -2.27. The third kappa shape index (κ3) is 5.94. The Labute approximate surface area is 232 Å². The topological polar surface area (TPSA) is 112 Å². The molecule has 2 fully saturated rings. The molecule has 0 atom stereocenters. The van der Waals surface area contributed by atoms with E-state index in [0.29, 0.717) is 34.8 Å². The molecule has 10 heteroatoms. The number of halogens is 1. The van der Waals surface area contributed by atoms with E-state index in [2.05, 4.69) is 21.7 Å². The quantitative estimate of drug-likeness (QED) is 0.269. The van der Waals surface area contributed by atoms with Gasteiger partial charge in [-0.25, -0.2) is 24.8 Å². The van der Waals surface area contributed by atoms with Crippen LogP contribution in [0.2, 0.25) is 5.02 Å². The number of fused-ring (bicyclic) bond motifs is 1. The number of aromatic nitrogens is 6. The number of H-pyrrole nitrogens is 1. The van der Waals surface area contributed by atoms with Crippen LogP contribution in [-0.4, -0.2) is 36.3 Å². The Kier molecular flexibility index (Phi) is 7.79. The SMILES string of the molecule is CC1CCC(Cn2c(COCC3CCCCC3)nc3nc(-c4n[nH]c(=O)o4)nc(-c4cccc(Cl)c4)c32)CC1. The molecule has 0 aliphatic heterocycles. The Hall–Kier alpha value is -3.04. The predicted octanol–water partition coefficient (Wildman–Crippen LogP) is 6.41. The van der Waals surface area contributed by atoms with Gasteiger partial charge in [0.2, 0.25) is 5.82 Å². The number of imidazole rings is 1. The third-order valence-corrected chi connectivity index (χ3v) is 8.53. The van der Waals surface area contributed by atoms with Gasteiger partial charge in [0, 0.05) is 23.7 Å². The molecular weight excluding hydrogens is 516 g/mol. The molecule has 0 saturated heterocycles. The van der Waals surface area contributed by atoms with E-state index in [1.807, 2.05) is 24.3 Å². The molecule has 206 valence electrons. The average molecular weight is 551 g/mol. The summed E-state index contributed by atoms with van der Waals surface area (Å²) in [5.74, 6) is 2.34. The zero-order valence-electron chi connectivity index (χ0n) is 22.4. The van der Waals surface area contributed by atoms with E-state index >= 15 is 0 Å². The van der Waals surface area contributed by atoms with Gasteiger partial charge in [-0.2, -0.15) is 0 Å². The van der Waals surface area contributed by atoms with Crippen LogP contribution in [0.15, 0.2) is 33.5 Å². The maximum Gasteiger partial charge on any atom is 0.434 e. The van der Waals surface area contributed by atoms with Crippen LogP contribution < -0.4 is 5.76 Å². The summed E-state index contributed by atoms with van der Waals surface area (Å²) < 4.78 is 13.8. The molecule has 2 aliphatic rings. The molecule has 2 aliphatic carbocycles. The van der Waals surface area contributed by atoms with Crippen LogP contribution in [0, 0.1) is 17.8 Å². The summed E-state index contributed by atoms with van der Waals surface area (Å²) in [6.07, 6.45) is 11.2. The van der Waals surface area contributed by atoms with Crippen LogP contribution in [-0.2, 0) is 17.9 Å². The van der Waals surface area contributed by atoms with Gasteiger partial charge in [-0.15, -0.1) is 5.10 Å². The molecule has 3 aromatic heterocycles. The Morgan fingerprint density at radius 1 is 1.05 bits per heavy atom. The second-order valence-electron chi connectivity index (χ2n) is 11.3. The smallest absolute Gasteiger partial charge is 0.384 e. The van der Waals surface area contributed by atoms with Crippen LogP contribution in [0.1, 0.15) is 70.5 Å². The minimum atomic E-state index is -0.660. The molecular formula is C29H35ClN6O3. The summed E-state index contributed by atoms with van der Waals surface area (Å²) in [6, 6.07) is 7.59. The van der Waals surface area contributed by atoms with Crippen molar-refractivity contribution in [1.82, 2.24) is 29.7 Å². The second-order valence-corrected chi connectivity index (χ2v) is 11.7. The van der Waals surface area contributed by atoms with Crippen molar-refractivity contribution in [1.29, 1.82) is 0 Å². The van der Waals surface area contributed by atoms with Gasteiger partial charge in [-0.05, 0) is 55.6 Å². The molecule has 4 aromatic rings. The fourth-order valence-electron chi connectivity index (χ4n) is 6.09. The Balaban J connectivity index is 1.43. The number of hydrogen-bond donors (Lipinski definition) is 1. The third-order valence-electron chi connectivity index (χ3n) is 8.30. The van der Waals surface area contributed by atoms with Gasteiger partial charge >= 0.3 is 5.76 Å². The van der Waals surface area contributed by atoms with Crippen molar-refractivity contribution in [2.24, 2.45) is 17.8 Å². The molecule has 0 spiro atoms. The first-order chi connectivity index (χ1) is 19.0. The van der Waals surface area contributed by atoms with E-state index in [4.69, 9.17) is 35.7 Å². The highest BCUT2D eigenvalue weighted by Crippen LogP contribution is 2.35. The number of nitrogens with zero attached hydrogens (tertiary/aromatic N) is 5. The summed E-state index contributed by atoms with van der Waals surface area (Å²) in [5, 5.41) is 6.87. The number of ether oxygens (including phenoxy) is 1. The lowest BCUT2D eigenvalue weighted by molar-refractivity contribution is 0.0678. The highest BCUT2D eigenvalue weighted by molar-refractivity contribution is 6.30. The minimum Gasteiger partial charge on any atom is -0.384 e. The highest BCUT2D eigenvalue weighted by atomic mass is 35.5. The van der Waals surface area contributed by atoms with E-state index in [1.165, 1.54) is 57.8 Å². The first kappa shape index (κ1) is 26.2. The van der Waals surface area contributed by atoms with Crippen LogP contribution in [0.4, 0.5) is 0 Å². The van der Waals surface area contributed by atoms with Crippen molar-refractivity contribution in [3.05, 3.63) is 45.7 Å². The molecule has 39 heavy (non-hydrogen) atoms. The summed E-state index contributed by atoms with van der Waals surface area (Å²) in [7, 11) is 0. The van der Waals surface area contributed by atoms with Crippen molar-refractivity contribution in [2.75, 3.05) is 6.61 Å². The normalized spacial score (nSPS) is 20.6. The lowest BCUT2D eigenvalue weighted by Crippen LogP contribution is -2.20.